The van der Waals surface area contributed by atoms with Crippen LogP contribution in [0.1, 0.15) is 303 Å². The Balaban J connectivity index is 2.24. The fourth-order valence-corrected chi connectivity index (χ4v) is 10.4. The van der Waals surface area contributed by atoms with Crippen LogP contribution in [0.15, 0.2) is 24.3 Å². The van der Waals surface area contributed by atoms with Crippen molar-refractivity contribution < 1.29 is 50.0 Å². The van der Waals surface area contributed by atoms with Crippen LogP contribution in [-0.2, 0) is 14.3 Å². The lowest BCUT2D eigenvalue weighted by molar-refractivity contribution is -0.303. The molecule has 1 saturated heterocycles. The second kappa shape index (κ2) is 52.3. The van der Waals surface area contributed by atoms with E-state index in [0.717, 1.165) is 51.4 Å². The Labute approximate surface area is 454 Å². The molecule has 1 amide bonds. The van der Waals surface area contributed by atoms with Gasteiger partial charge in [0.15, 0.2) is 6.29 Å². The van der Waals surface area contributed by atoms with Gasteiger partial charge in [0.05, 0.1) is 25.4 Å². The van der Waals surface area contributed by atoms with E-state index < -0.39 is 74.2 Å². The number of allylic oxidation sites excluding steroid dienone is 4. The molecule has 0 spiro atoms. The predicted molar refractivity (Wildman–Crippen MR) is 307 cm³/mol. The number of amides is 1. The second-order valence-corrected chi connectivity index (χ2v) is 22.5. The van der Waals surface area contributed by atoms with Crippen LogP contribution in [0.25, 0.3) is 0 Å². The molecular formula is C63H121NO10. The van der Waals surface area contributed by atoms with Crippen LogP contribution >= 0.6 is 0 Å². The first-order valence-electron chi connectivity index (χ1n) is 31.7. The zero-order valence-electron chi connectivity index (χ0n) is 48.1. The molecule has 1 rings (SSSR count). The SMILES string of the molecule is CC/C=C\C/C=C\CCCCCCCCCCCCCCCC(O)C(=O)NC(COC1OC(CO)C(O)C(O)C1O)C(O)C(O)CCCCCCCCCCCCCCCCCCCCCCCCCCCCC. The quantitative estimate of drug-likeness (QED) is 0.0215. The summed E-state index contributed by atoms with van der Waals surface area (Å²) >= 11 is 0. The molecule has 0 bridgehead atoms. The van der Waals surface area contributed by atoms with Crippen molar-refractivity contribution >= 4 is 5.91 Å². The molecule has 8 N–H and O–H groups in total. The lowest BCUT2D eigenvalue weighted by Crippen LogP contribution is -2.60. The van der Waals surface area contributed by atoms with Gasteiger partial charge in [0.2, 0.25) is 5.91 Å². The van der Waals surface area contributed by atoms with E-state index in [1.807, 2.05) is 0 Å². The lowest BCUT2D eigenvalue weighted by Gasteiger charge is -2.40. The van der Waals surface area contributed by atoms with Crippen molar-refractivity contribution in [3.63, 3.8) is 0 Å². The highest BCUT2D eigenvalue weighted by Gasteiger charge is 2.44. The molecule has 9 atom stereocenters. The van der Waals surface area contributed by atoms with Gasteiger partial charge in [0.1, 0.15) is 36.6 Å². The Morgan fingerprint density at radius 3 is 1.27 bits per heavy atom. The van der Waals surface area contributed by atoms with Gasteiger partial charge in [-0.05, 0) is 38.5 Å². The normalized spacial score (nSPS) is 19.9. The fourth-order valence-electron chi connectivity index (χ4n) is 10.4. The van der Waals surface area contributed by atoms with E-state index in [-0.39, 0.29) is 6.42 Å². The average Bonchev–Trinajstić information content (AvgIpc) is 3.40. The smallest absolute Gasteiger partial charge is 0.249 e. The van der Waals surface area contributed by atoms with Crippen LogP contribution in [-0.4, -0.2) is 110 Å². The van der Waals surface area contributed by atoms with Gasteiger partial charge in [-0.15, -0.1) is 0 Å². The molecule has 11 heteroatoms. The molecule has 0 radical (unpaired) electrons. The summed E-state index contributed by atoms with van der Waals surface area (Å²) in [7, 11) is 0. The molecule has 1 heterocycles. The summed E-state index contributed by atoms with van der Waals surface area (Å²) in [5.74, 6) is -0.693. The van der Waals surface area contributed by atoms with Gasteiger partial charge in [-0.1, -0.05) is 289 Å². The number of hydrogen-bond acceptors (Lipinski definition) is 10. The zero-order chi connectivity index (χ0) is 54.0. The van der Waals surface area contributed by atoms with Crippen molar-refractivity contribution in [1.29, 1.82) is 0 Å². The Morgan fingerprint density at radius 2 is 0.865 bits per heavy atom. The number of carbonyl (C=O) groups excluding carboxylic acids is 1. The highest BCUT2D eigenvalue weighted by Crippen LogP contribution is 2.24. The maximum atomic E-state index is 13.2. The minimum absolute atomic E-state index is 0.261. The number of rotatable bonds is 55. The van der Waals surface area contributed by atoms with Gasteiger partial charge in [-0.2, -0.15) is 0 Å². The van der Waals surface area contributed by atoms with E-state index in [1.165, 1.54) is 212 Å². The maximum absolute atomic E-state index is 13.2. The second-order valence-electron chi connectivity index (χ2n) is 22.5. The van der Waals surface area contributed by atoms with E-state index in [2.05, 4.69) is 43.5 Å². The average molecular weight is 1050 g/mol. The van der Waals surface area contributed by atoms with Crippen molar-refractivity contribution in [3.8, 4) is 0 Å². The number of unbranched alkanes of at least 4 members (excludes halogenated alkanes) is 39. The fraction of sp³-hybridized carbons (Fsp3) is 0.921. The minimum Gasteiger partial charge on any atom is -0.394 e. The molecule has 0 saturated carbocycles. The Bertz CT molecular complexity index is 1250. The summed E-state index contributed by atoms with van der Waals surface area (Å²) in [6, 6.07) is -1.17. The lowest BCUT2D eigenvalue weighted by atomic mass is 9.98. The number of aliphatic hydroxyl groups excluding tert-OH is 7. The molecule has 0 aromatic carbocycles. The number of nitrogens with one attached hydrogen (secondary N) is 1. The van der Waals surface area contributed by atoms with Crippen molar-refractivity contribution in [3.05, 3.63) is 24.3 Å². The van der Waals surface area contributed by atoms with Crippen molar-refractivity contribution in [2.45, 2.75) is 358 Å². The molecular weight excluding hydrogens is 931 g/mol. The highest BCUT2D eigenvalue weighted by molar-refractivity contribution is 5.80. The van der Waals surface area contributed by atoms with Gasteiger partial charge >= 0.3 is 0 Å². The standard InChI is InChI=1S/C63H121NO10/c1-3-5-7-9-11-13-15-17-19-21-23-25-26-27-28-29-30-31-33-34-36-38-40-42-44-46-48-50-55(66)58(68)54(53-73-63-61(71)60(70)59(69)57(52-65)74-63)64-62(72)56(67)51-49-47-45-43-41-39-37-35-32-24-22-20-18-16-14-12-10-8-6-4-2/h6,8,12,14,54-61,63,65-71H,3-5,7,9-11,13,15-53H2,1-2H3,(H,64,72)/b8-6-,14-12-. The van der Waals surface area contributed by atoms with Gasteiger partial charge in [-0.25, -0.2) is 0 Å². The number of carbonyl (C=O) groups is 1. The first-order chi connectivity index (χ1) is 36.2. The molecule has 0 aromatic rings. The van der Waals surface area contributed by atoms with Gasteiger partial charge in [0, 0.05) is 0 Å². The largest absolute Gasteiger partial charge is 0.394 e. The monoisotopic (exact) mass is 1050 g/mol. The van der Waals surface area contributed by atoms with Crippen LogP contribution in [0, 0.1) is 0 Å². The summed E-state index contributed by atoms with van der Waals surface area (Å²) in [6.45, 7) is 3.40. The summed E-state index contributed by atoms with van der Waals surface area (Å²) in [5, 5.41) is 76.4. The zero-order valence-corrected chi connectivity index (χ0v) is 48.1. The molecule has 438 valence electrons. The molecule has 11 nitrogen and oxygen atoms in total. The van der Waals surface area contributed by atoms with E-state index in [9.17, 15) is 40.5 Å². The third-order valence-corrected chi connectivity index (χ3v) is 15.5. The third-order valence-electron chi connectivity index (χ3n) is 15.5. The van der Waals surface area contributed by atoms with Crippen LogP contribution in [0.2, 0.25) is 0 Å². The summed E-state index contributed by atoms with van der Waals surface area (Å²) in [5.41, 5.74) is 0. The van der Waals surface area contributed by atoms with Crippen molar-refractivity contribution in [1.82, 2.24) is 5.32 Å². The molecule has 1 fully saturated rings. The first-order valence-corrected chi connectivity index (χ1v) is 31.7. The third kappa shape index (κ3) is 39.9. The van der Waals surface area contributed by atoms with E-state index in [0.29, 0.717) is 19.3 Å². The Kier molecular flexibility index (Phi) is 49.9. The summed E-state index contributed by atoms with van der Waals surface area (Å²) in [4.78, 5) is 13.2. The van der Waals surface area contributed by atoms with E-state index in [4.69, 9.17) is 9.47 Å². The number of hydrogen-bond donors (Lipinski definition) is 8. The van der Waals surface area contributed by atoms with Crippen molar-refractivity contribution in [2.75, 3.05) is 13.2 Å². The molecule has 0 aliphatic carbocycles. The molecule has 1 aliphatic rings. The molecule has 9 unspecified atom stereocenters. The van der Waals surface area contributed by atoms with E-state index >= 15 is 0 Å². The predicted octanol–water partition coefficient (Wildman–Crippen LogP) is 14.1. The number of ether oxygens (including phenoxy) is 2. The minimum atomic E-state index is -1.66. The van der Waals surface area contributed by atoms with Crippen LogP contribution in [0.5, 0.6) is 0 Å². The highest BCUT2D eigenvalue weighted by atomic mass is 16.7. The summed E-state index contributed by atoms with van der Waals surface area (Å²) in [6.07, 6.45) is 52.4. The summed E-state index contributed by atoms with van der Waals surface area (Å²) < 4.78 is 11.2. The molecule has 1 aliphatic heterocycles. The van der Waals surface area contributed by atoms with Gasteiger partial charge < -0.3 is 50.5 Å². The topological polar surface area (TPSA) is 189 Å². The first kappa shape index (κ1) is 70.6. The Morgan fingerprint density at radius 1 is 0.486 bits per heavy atom. The van der Waals surface area contributed by atoms with E-state index in [1.54, 1.807) is 0 Å². The van der Waals surface area contributed by atoms with Gasteiger partial charge in [-0.3, -0.25) is 4.79 Å². The maximum Gasteiger partial charge on any atom is 0.249 e. The van der Waals surface area contributed by atoms with Gasteiger partial charge in [0.25, 0.3) is 0 Å². The van der Waals surface area contributed by atoms with Crippen LogP contribution in [0.4, 0.5) is 0 Å². The molecule has 74 heavy (non-hydrogen) atoms. The van der Waals surface area contributed by atoms with Crippen LogP contribution in [0.3, 0.4) is 0 Å². The van der Waals surface area contributed by atoms with Crippen molar-refractivity contribution in [2.24, 2.45) is 0 Å². The van der Waals surface area contributed by atoms with Crippen LogP contribution < -0.4 is 5.32 Å². The Hall–Kier alpha value is -1.41. The molecule has 0 aromatic heterocycles. The number of aliphatic hydroxyl groups is 7.